The molecule has 2 heteroatoms. The molecule has 0 fully saturated rings. The third-order valence-electron chi connectivity index (χ3n) is 2.65. The molecule has 0 spiro atoms. The maximum atomic E-state index is 3.56. The van der Waals surface area contributed by atoms with Crippen molar-refractivity contribution in [1.82, 2.24) is 0 Å². The summed E-state index contributed by atoms with van der Waals surface area (Å²) in [7, 11) is 0. The van der Waals surface area contributed by atoms with Gasteiger partial charge in [0, 0.05) is 3.57 Å². The second-order valence-electron chi connectivity index (χ2n) is 3.85. The molecule has 0 bridgehead atoms. The van der Waals surface area contributed by atoms with E-state index in [4.69, 9.17) is 0 Å². The smallest absolute Gasteiger partial charge is 0.0130 e. The molecule has 1 aliphatic carbocycles. The zero-order chi connectivity index (χ0) is 10.8. The van der Waals surface area contributed by atoms with Crippen LogP contribution in [0.4, 0.5) is 0 Å². The predicted molar refractivity (Wildman–Crippen MR) is 77.9 cm³/mol. The molecule has 1 aliphatic rings. The van der Waals surface area contributed by atoms with Gasteiger partial charge in [-0.25, -0.2) is 0 Å². The van der Waals surface area contributed by atoms with Crippen molar-refractivity contribution in [3.63, 3.8) is 0 Å². The van der Waals surface area contributed by atoms with E-state index >= 15 is 0 Å². The third kappa shape index (κ3) is 2.72. The van der Waals surface area contributed by atoms with Crippen molar-refractivity contribution in [3.05, 3.63) is 50.0 Å². The van der Waals surface area contributed by atoms with Crippen LogP contribution in [0.15, 0.2) is 40.9 Å². The standard InChI is InChI=1S/C13H12BrI/c1-9-8-11(14)4-7-13(9)10-2-5-12(15)6-3-10/h2-7,9H,8H2,1H3. The van der Waals surface area contributed by atoms with E-state index in [0.717, 1.165) is 6.42 Å². The Balaban J connectivity index is 2.35. The average Bonchev–Trinajstić information content (AvgIpc) is 2.20. The molecule has 0 saturated heterocycles. The summed E-state index contributed by atoms with van der Waals surface area (Å²) >= 11 is 5.89. The molecule has 1 atom stereocenters. The molecule has 78 valence electrons. The molecular formula is C13H12BrI. The van der Waals surface area contributed by atoms with Crippen molar-refractivity contribution in [2.75, 3.05) is 0 Å². The molecule has 0 N–H and O–H groups in total. The second-order valence-corrected chi connectivity index (χ2v) is 6.11. The normalized spacial score (nSPS) is 20.9. The lowest BCUT2D eigenvalue weighted by atomic mass is 9.88. The van der Waals surface area contributed by atoms with Crippen LogP contribution in [0.2, 0.25) is 0 Å². The fraction of sp³-hybridized carbons (Fsp3) is 0.231. The van der Waals surface area contributed by atoms with Gasteiger partial charge in [0.1, 0.15) is 0 Å². The lowest BCUT2D eigenvalue weighted by molar-refractivity contribution is 0.753. The van der Waals surface area contributed by atoms with Crippen LogP contribution in [0, 0.1) is 9.49 Å². The van der Waals surface area contributed by atoms with Crippen LogP contribution in [0.1, 0.15) is 18.9 Å². The first-order chi connectivity index (χ1) is 7.16. The Morgan fingerprint density at radius 2 is 1.87 bits per heavy atom. The van der Waals surface area contributed by atoms with Crippen molar-refractivity contribution in [2.45, 2.75) is 13.3 Å². The van der Waals surface area contributed by atoms with Gasteiger partial charge in [0.2, 0.25) is 0 Å². The molecule has 1 aromatic carbocycles. The van der Waals surface area contributed by atoms with Crippen molar-refractivity contribution in [1.29, 1.82) is 0 Å². The Bertz CT molecular complexity index is 415. The van der Waals surface area contributed by atoms with Crippen molar-refractivity contribution in [2.24, 2.45) is 5.92 Å². The molecule has 2 rings (SSSR count). The minimum Gasteiger partial charge on any atom is -0.0581 e. The molecule has 0 saturated carbocycles. The second kappa shape index (κ2) is 4.83. The molecule has 1 aromatic rings. The highest BCUT2D eigenvalue weighted by Gasteiger charge is 2.14. The summed E-state index contributed by atoms with van der Waals surface area (Å²) in [6, 6.07) is 8.74. The highest BCUT2D eigenvalue weighted by Crippen LogP contribution is 2.34. The molecule has 0 amide bonds. The predicted octanol–water partition coefficient (Wildman–Crippen LogP) is 4.99. The van der Waals surface area contributed by atoms with E-state index in [0.29, 0.717) is 5.92 Å². The molecule has 0 aliphatic heterocycles. The summed E-state index contributed by atoms with van der Waals surface area (Å²) in [5.41, 5.74) is 2.79. The van der Waals surface area contributed by atoms with E-state index in [-0.39, 0.29) is 0 Å². The van der Waals surface area contributed by atoms with Gasteiger partial charge in [-0.2, -0.15) is 0 Å². The van der Waals surface area contributed by atoms with Gasteiger partial charge in [0.15, 0.2) is 0 Å². The van der Waals surface area contributed by atoms with Crippen LogP contribution < -0.4 is 0 Å². The zero-order valence-electron chi connectivity index (χ0n) is 8.50. The summed E-state index contributed by atoms with van der Waals surface area (Å²) in [5, 5.41) is 0. The van der Waals surface area contributed by atoms with E-state index in [9.17, 15) is 0 Å². The lowest BCUT2D eigenvalue weighted by Crippen LogP contribution is -2.02. The highest BCUT2D eigenvalue weighted by molar-refractivity contribution is 14.1. The summed E-state index contributed by atoms with van der Waals surface area (Å²) in [6.45, 7) is 2.28. The van der Waals surface area contributed by atoms with Crippen molar-refractivity contribution >= 4 is 44.1 Å². The summed E-state index contributed by atoms with van der Waals surface area (Å²) in [4.78, 5) is 0. The molecule has 15 heavy (non-hydrogen) atoms. The topological polar surface area (TPSA) is 0 Å². The fourth-order valence-corrected chi connectivity index (χ4v) is 2.82. The largest absolute Gasteiger partial charge is 0.0581 e. The number of halogens is 2. The van der Waals surface area contributed by atoms with Crippen molar-refractivity contribution < 1.29 is 0 Å². The lowest BCUT2D eigenvalue weighted by Gasteiger charge is -2.19. The van der Waals surface area contributed by atoms with Gasteiger partial charge in [-0.05, 0) is 62.7 Å². The summed E-state index contributed by atoms with van der Waals surface area (Å²) < 4.78 is 2.58. The van der Waals surface area contributed by atoms with Crippen molar-refractivity contribution in [3.8, 4) is 0 Å². The van der Waals surface area contributed by atoms with E-state index < -0.39 is 0 Å². The zero-order valence-corrected chi connectivity index (χ0v) is 12.2. The molecule has 0 heterocycles. The first kappa shape index (κ1) is 11.4. The van der Waals surface area contributed by atoms with Gasteiger partial charge in [-0.15, -0.1) is 0 Å². The Morgan fingerprint density at radius 1 is 1.20 bits per heavy atom. The molecule has 0 nitrogen and oxygen atoms in total. The quantitative estimate of drug-likeness (QED) is 0.607. The first-order valence-corrected chi connectivity index (χ1v) is 6.86. The maximum Gasteiger partial charge on any atom is 0.0130 e. The number of benzene rings is 1. The number of hydrogen-bond donors (Lipinski definition) is 0. The Labute approximate surface area is 113 Å². The minimum absolute atomic E-state index is 0.601. The van der Waals surface area contributed by atoms with Gasteiger partial charge in [0.25, 0.3) is 0 Å². The SMILES string of the molecule is CC1CC(Br)=CC=C1c1ccc(I)cc1. The number of allylic oxidation sites excluding steroid dienone is 4. The third-order valence-corrected chi connectivity index (χ3v) is 3.96. The van der Waals surface area contributed by atoms with E-state index in [1.807, 2.05) is 0 Å². The molecular weight excluding hydrogens is 363 g/mol. The number of rotatable bonds is 1. The summed E-state index contributed by atoms with van der Waals surface area (Å²) in [6.07, 6.45) is 5.49. The highest BCUT2D eigenvalue weighted by atomic mass is 127. The van der Waals surface area contributed by atoms with Crippen LogP contribution >= 0.6 is 38.5 Å². The van der Waals surface area contributed by atoms with Gasteiger partial charge < -0.3 is 0 Å². The van der Waals surface area contributed by atoms with Crippen LogP contribution in [-0.4, -0.2) is 0 Å². The van der Waals surface area contributed by atoms with E-state index in [1.165, 1.54) is 19.2 Å². The van der Waals surface area contributed by atoms with Gasteiger partial charge in [0.05, 0.1) is 0 Å². The van der Waals surface area contributed by atoms with Gasteiger partial charge in [-0.3, -0.25) is 0 Å². The monoisotopic (exact) mass is 374 g/mol. The number of hydrogen-bond acceptors (Lipinski definition) is 0. The van der Waals surface area contributed by atoms with Crippen LogP contribution in [0.5, 0.6) is 0 Å². The van der Waals surface area contributed by atoms with Crippen LogP contribution in [-0.2, 0) is 0 Å². The first-order valence-electron chi connectivity index (χ1n) is 4.99. The van der Waals surface area contributed by atoms with Crippen LogP contribution in [0.25, 0.3) is 5.57 Å². The Morgan fingerprint density at radius 3 is 2.47 bits per heavy atom. The van der Waals surface area contributed by atoms with Gasteiger partial charge in [-0.1, -0.05) is 47.1 Å². The van der Waals surface area contributed by atoms with E-state index in [2.05, 4.69) is 81.9 Å². The molecule has 0 radical (unpaired) electrons. The maximum absolute atomic E-state index is 3.56. The molecule has 1 unspecified atom stereocenters. The van der Waals surface area contributed by atoms with E-state index in [1.54, 1.807) is 0 Å². The Hall–Kier alpha value is -0.0900. The minimum atomic E-state index is 0.601. The van der Waals surface area contributed by atoms with Crippen LogP contribution in [0.3, 0.4) is 0 Å². The average molecular weight is 375 g/mol. The Kier molecular flexibility index (Phi) is 3.67. The fourth-order valence-electron chi connectivity index (χ4n) is 1.84. The van der Waals surface area contributed by atoms with Gasteiger partial charge >= 0.3 is 0 Å². The summed E-state index contributed by atoms with van der Waals surface area (Å²) in [5.74, 6) is 0.601. The molecule has 0 aromatic heterocycles.